The van der Waals surface area contributed by atoms with Crippen molar-refractivity contribution in [1.82, 2.24) is 10.2 Å². The first-order valence-electron chi connectivity index (χ1n) is 13.7. The van der Waals surface area contributed by atoms with Gasteiger partial charge in [-0.3, -0.25) is 9.69 Å². The number of likely N-dealkylation sites (tertiary alicyclic amines) is 1. The third-order valence-electron chi connectivity index (χ3n) is 7.94. The van der Waals surface area contributed by atoms with Crippen LogP contribution in [-0.2, 0) is 4.74 Å². The van der Waals surface area contributed by atoms with Gasteiger partial charge in [0.1, 0.15) is 5.75 Å². The van der Waals surface area contributed by atoms with Crippen molar-refractivity contribution in [3.8, 4) is 5.75 Å². The van der Waals surface area contributed by atoms with Gasteiger partial charge in [0.15, 0.2) is 0 Å². The number of rotatable bonds is 10. The van der Waals surface area contributed by atoms with Gasteiger partial charge in [-0.1, -0.05) is 37.1 Å². The van der Waals surface area contributed by atoms with Crippen LogP contribution in [-0.4, -0.2) is 65.1 Å². The summed E-state index contributed by atoms with van der Waals surface area (Å²) in [5.74, 6) is 1.22. The Balaban J connectivity index is 1.54. The second kappa shape index (κ2) is 12.7. The molecule has 1 aliphatic heterocycles. The number of ether oxygens (including phenoxy) is 1. The molecule has 7 heteroatoms. The van der Waals surface area contributed by atoms with Gasteiger partial charge in [0.25, 0.3) is 5.91 Å². The van der Waals surface area contributed by atoms with Crippen LogP contribution in [0, 0.1) is 12.8 Å². The zero-order valence-corrected chi connectivity index (χ0v) is 23.3. The summed E-state index contributed by atoms with van der Waals surface area (Å²) in [7, 11) is 0. The maximum absolute atomic E-state index is 13.4. The van der Waals surface area contributed by atoms with E-state index in [1.807, 2.05) is 32.0 Å². The molecule has 2 aromatic rings. The second-order valence-corrected chi connectivity index (χ2v) is 12.2. The molecule has 1 amide bonds. The number of carbonyl (C=O) groups is 1. The number of aromatic hydroxyl groups is 1. The SMILES string of the molecule is Cc1c(O)cccc1C(=O)N[C@@H](CSc1ccccc1)[C@@H](CN1CC[C@@H]2CCCC[C@]2(N)C1)OC(C)C. The van der Waals surface area contributed by atoms with E-state index in [2.05, 4.69) is 22.3 Å². The molecule has 4 rings (SSSR count). The Morgan fingerprint density at radius 2 is 1.97 bits per heavy atom. The summed E-state index contributed by atoms with van der Waals surface area (Å²) in [6.07, 6.45) is 5.79. The van der Waals surface area contributed by atoms with Crippen LogP contribution in [0.1, 0.15) is 61.9 Å². The lowest BCUT2D eigenvalue weighted by Crippen LogP contribution is -2.62. The van der Waals surface area contributed by atoms with Crippen molar-refractivity contribution < 1.29 is 14.6 Å². The minimum Gasteiger partial charge on any atom is -0.508 e. The van der Waals surface area contributed by atoms with Crippen LogP contribution >= 0.6 is 11.8 Å². The average Bonchev–Trinajstić information content (AvgIpc) is 2.87. The Kier molecular flexibility index (Phi) is 9.57. The monoisotopic (exact) mass is 525 g/mol. The number of phenolic OH excluding ortho intramolecular Hbond substituents is 1. The number of thioether (sulfide) groups is 1. The van der Waals surface area contributed by atoms with Crippen molar-refractivity contribution in [2.45, 2.75) is 81.6 Å². The van der Waals surface area contributed by atoms with Crippen molar-refractivity contribution in [3.63, 3.8) is 0 Å². The fourth-order valence-electron chi connectivity index (χ4n) is 5.90. The van der Waals surface area contributed by atoms with Crippen molar-refractivity contribution in [2.75, 3.05) is 25.4 Å². The van der Waals surface area contributed by atoms with E-state index in [9.17, 15) is 9.90 Å². The molecule has 6 nitrogen and oxygen atoms in total. The molecule has 1 aliphatic carbocycles. The summed E-state index contributed by atoms with van der Waals surface area (Å²) in [4.78, 5) is 17.1. The summed E-state index contributed by atoms with van der Waals surface area (Å²) in [6, 6.07) is 15.1. The highest BCUT2D eigenvalue weighted by Crippen LogP contribution is 2.38. The molecule has 37 heavy (non-hydrogen) atoms. The van der Waals surface area contributed by atoms with Gasteiger partial charge in [-0.2, -0.15) is 0 Å². The molecule has 2 fully saturated rings. The Morgan fingerprint density at radius 1 is 1.19 bits per heavy atom. The largest absolute Gasteiger partial charge is 0.508 e. The molecular weight excluding hydrogens is 482 g/mol. The van der Waals surface area contributed by atoms with Crippen LogP contribution in [0.4, 0.5) is 0 Å². The zero-order chi connectivity index (χ0) is 26.4. The minimum atomic E-state index is -0.223. The lowest BCUT2D eigenvalue weighted by molar-refractivity contribution is -0.0421. The quantitative estimate of drug-likeness (QED) is 0.379. The fraction of sp³-hybridized carbons (Fsp3) is 0.567. The van der Waals surface area contributed by atoms with Crippen molar-refractivity contribution in [3.05, 3.63) is 59.7 Å². The van der Waals surface area contributed by atoms with Crippen LogP contribution in [0.25, 0.3) is 0 Å². The second-order valence-electron chi connectivity index (χ2n) is 11.1. The third-order valence-corrected chi connectivity index (χ3v) is 9.07. The highest BCUT2D eigenvalue weighted by atomic mass is 32.2. The van der Waals surface area contributed by atoms with Crippen LogP contribution in [0.5, 0.6) is 5.75 Å². The lowest BCUT2D eigenvalue weighted by Gasteiger charge is -2.49. The van der Waals surface area contributed by atoms with Gasteiger partial charge in [0.2, 0.25) is 0 Å². The average molecular weight is 526 g/mol. The van der Waals surface area contributed by atoms with Crippen LogP contribution in [0.2, 0.25) is 0 Å². The van der Waals surface area contributed by atoms with E-state index in [0.717, 1.165) is 37.4 Å². The molecule has 2 aliphatic rings. The number of hydrogen-bond acceptors (Lipinski definition) is 6. The van der Waals surface area contributed by atoms with Gasteiger partial charge in [-0.05, 0) is 76.8 Å². The predicted octanol–water partition coefficient (Wildman–Crippen LogP) is 4.98. The van der Waals surface area contributed by atoms with Gasteiger partial charge >= 0.3 is 0 Å². The molecule has 1 saturated carbocycles. The summed E-state index contributed by atoms with van der Waals surface area (Å²) in [5.41, 5.74) is 7.91. The molecule has 0 aromatic heterocycles. The lowest BCUT2D eigenvalue weighted by atomic mass is 9.69. The van der Waals surface area contributed by atoms with E-state index in [0.29, 0.717) is 22.8 Å². The number of benzene rings is 2. The summed E-state index contributed by atoms with van der Waals surface area (Å²) >= 11 is 1.72. The number of amides is 1. The Bertz CT molecular complexity index is 1030. The van der Waals surface area contributed by atoms with Crippen LogP contribution in [0.3, 0.4) is 0 Å². The number of nitrogens with two attached hydrogens (primary N) is 1. The van der Waals surface area contributed by atoms with Crippen LogP contribution < -0.4 is 11.1 Å². The summed E-state index contributed by atoms with van der Waals surface area (Å²) < 4.78 is 6.50. The number of nitrogens with one attached hydrogen (secondary N) is 1. The molecule has 0 radical (unpaired) electrons. The molecule has 0 unspecified atom stereocenters. The Hall–Kier alpha value is -2.06. The first-order valence-corrected chi connectivity index (χ1v) is 14.7. The fourth-order valence-corrected chi connectivity index (χ4v) is 6.92. The first-order chi connectivity index (χ1) is 17.7. The standard InChI is InChI=1S/C30H43N3O3S/c1-21(2)36-28(18-33-17-15-23-10-7-8-16-30(23,31)20-33)26(19-37-24-11-5-4-6-12-24)32-29(35)25-13-9-14-27(34)22(25)3/h4-6,9,11-14,21,23,26,28,34H,7-8,10,15-20,31H2,1-3H3,(H,32,35)/t23-,26-,28+,30-/m0/s1. The maximum Gasteiger partial charge on any atom is 0.252 e. The van der Waals surface area contributed by atoms with Gasteiger partial charge in [0, 0.05) is 40.4 Å². The van der Waals surface area contributed by atoms with Crippen molar-refractivity contribution in [1.29, 1.82) is 0 Å². The molecule has 4 N–H and O–H groups in total. The molecule has 4 atom stereocenters. The Labute approximate surface area is 226 Å². The van der Waals surface area contributed by atoms with Gasteiger partial charge < -0.3 is 20.9 Å². The number of piperidine rings is 1. The highest BCUT2D eigenvalue weighted by molar-refractivity contribution is 7.99. The number of hydrogen-bond donors (Lipinski definition) is 3. The number of nitrogens with zero attached hydrogens (tertiary/aromatic N) is 1. The molecule has 0 spiro atoms. The molecular formula is C30H43N3O3S. The van der Waals surface area contributed by atoms with Crippen molar-refractivity contribution >= 4 is 17.7 Å². The predicted molar refractivity (Wildman–Crippen MR) is 151 cm³/mol. The number of fused-ring (bicyclic) bond motifs is 1. The van der Waals surface area contributed by atoms with Gasteiger partial charge in [-0.25, -0.2) is 0 Å². The number of phenols is 1. The van der Waals surface area contributed by atoms with E-state index in [1.54, 1.807) is 36.9 Å². The third kappa shape index (κ3) is 7.29. The molecule has 1 saturated heterocycles. The highest BCUT2D eigenvalue weighted by Gasteiger charge is 2.42. The van der Waals surface area contributed by atoms with E-state index in [4.69, 9.17) is 10.5 Å². The minimum absolute atomic E-state index is 0.0210. The molecule has 0 bridgehead atoms. The van der Waals surface area contributed by atoms with E-state index in [1.165, 1.54) is 19.3 Å². The van der Waals surface area contributed by atoms with E-state index < -0.39 is 0 Å². The van der Waals surface area contributed by atoms with Crippen molar-refractivity contribution in [2.24, 2.45) is 11.7 Å². The molecule has 2 aromatic carbocycles. The summed E-state index contributed by atoms with van der Waals surface area (Å²) in [5, 5.41) is 13.4. The van der Waals surface area contributed by atoms with Crippen LogP contribution in [0.15, 0.2) is 53.4 Å². The first kappa shape index (κ1) is 28.0. The zero-order valence-electron chi connectivity index (χ0n) is 22.5. The maximum atomic E-state index is 13.4. The summed E-state index contributed by atoms with van der Waals surface area (Å²) in [6.45, 7) is 8.49. The molecule has 202 valence electrons. The van der Waals surface area contributed by atoms with E-state index in [-0.39, 0.29) is 35.4 Å². The topological polar surface area (TPSA) is 87.8 Å². The van der Waals surface area contributed by atoms with Gasteiger partial charge in [0.05, 0.1) is 18.2 Å². The Morgan fingerprint density at radius 3 is 2.73 bits per heavy atom. The normalized spacial score (nSPS) is 23.9. The van der Waals surface area contributed by atoms with Gasteiger partial charge in [-0.15, -0.1) is 11.8 Å². The van der Waals surface area contributed by atoms with E-state index >= 15 is 0 Å². The molecule has 1 heterocycles. The smallest absolute Gasteiger partial charge is 0.252 e. The number of carbonyl (C=O) groups excluding carboxylic acids is 1.